The zero-order chi connectivity index (χ0) is 20.1. The lowest BCUT2D eigenvalue weighted by Gasteiger charge is -2.13. The predicted octanol–water partition coefficient (Wildman–Crippen LogP) is 3.63. The summed E-state index contributed by atoms with van der Waals surface area (Å²) in [5, 5.41) is 6.26. The number of rotatable bonds is 5. The van der Waals surface area contributed by atoms with Gasteiger partial charge < -0.3 is 15.2 Å². The van der Waals surface area contributed by atoms with E-state index in [-0.39, 0.29) is 11.6 Å². The Morgan fingerprint density at radius 2 is 1.64 bits per heavy atom. The number of halogens is 2. The molecule has 0 aliphatic rings. The van der Waals surface area contributed by atoms with Crippen LogP contribution in [0, 0.1) is 25.5 Å². The van der Waals surface area contributed by atoms with Crippen LogP contribution in [0.2, 0.25) is 0 Å². The minimum atomic E-state index is -0.321. The summed E-state index contributed by atoms with van der Waals surface area (Å²) in [5.41, 5.74) is 2.67. The Labute approximate surface area is 163 Å². The fraction of sp³-hybridized carbons (Fsp3) is 0.238. The first-order valence-corrected chi connectivity index (χ1v) is 8.96. The van der Waals surface area contributed by atoms with E-state index in [2.05, 4.69) is 20.6 Å². The minimum absolute atomic E-state index is 0.231. The molecule has 1 aromatic heterocycles. The molecule has 146 valence electrons. The molecule has 28 heavy (non-hydrogen) atoms. The molecule has 0 spiro atoms. The molecule has 0 radical (unpaired) electrons. The molecule has 0 aliphatic carbocycles. The van der Waals surface area contributed by atoms with Crippen LogP contribution in [0.3, 0.4) is 0 Å². The van der Waals surface area contributed by atoms with Crippen molar-refractivity contribution in [1.82, 2.24) is 20.2 Å². The van der Waals surface area contributed by atoms with Crippen LogP contribution in [-0.4, -0.2) is 22.6 Å². The Bertz CT molecular complexity index is 994. The molecular formula is C21H23F2N5. The van der Waals surface area contributed by atoms with E-state index in [4.69, 9.17) is 0 Å². The molecule has 7 heteroatoms. The summed E-state index contributed by atoms with van der Waals surface area (Å²) in [7, 11) is 1.65. The van der Waals surface area contributed by atoms with Crippen LogP contribution in [0.15, 0.2) is 53.8 Å². The fourth-order valence-corrected chi connectivity index (χ4v) is 2.83. The third-order valence-corrected chi connectivity index (χ3v) is 4.48. The molecule has 1 heterocycles. The van der Waals surface area contributed by atoms with Gasteiger partial charge in [0, 0.05) is 32.5 Å². The van der Waals surface area contributed by atoms with Crippen LogP contribution in [0.25, 0.3) is 5.69 Å². The summed E-state index contributed by atoms with van der Waals surface area (Å²) in [6.07, 6.45) is 3.37. The van der Waals surface area contributed by atoms with Gasteiger partial charge in [-0.1, -0.05) is 18.2 Å². The SMILES string of the molecule is CN=C(NCc1ccc(C)c(F)c1)NCc1ccc(-n2ccnc2C)c(F)c1. The maximum absolute atomic E-state index is 14.5. The third-order valence-electron chi connectivity index (χ3n) is 4.48. The molecule has 0 saturated heterocycles. The third kappa shape index (κ3) is 4.54. The average molecular weight is 383 g/mol. The molecule has 5 nitrogen and oxygen atoms in total. The van der Waals surface area contributed by atoms with Gasteiger partial charge in [0.15, 0.2) is 5.96 Å². The van der Waals surface area contributed by atoms with Crippen molar-refractivity contribution in [3.05, 3.63) is 82.9 Å². The second kappa shape index (κ2) is 8.65. The lowest BCUT2D eigenvalue weighted by Crippen LogP contribution is -2.36. The quantitative estimate of drug-likeness (QED) is 0.523. The van der Waals surface area contributed by atoms with Crippen molar-refractivity contribution in [3.8, 4) is 5.69 Å². The van der Waals surface area contributed by atoms with Crippen molar-refractivity contribution in [2.24, 2.45) is 4.99 Å². The van der Waals surface area contributed by atoms with Gasteiger partial charge in [-0.25, -0.2) is 13.8 Å². The number of benzene rings is 2. The maximum Gasteiger partial charge on any atom is 0.191 e. The van der Waals surface area contributed by atoms with E-state index in [1.54, 1.807) is 43.1 Å². The molecule has 0 amide bonds. The number of aliphatic imine (C=N–C) groups is 1. The van der Waals surface area contributed by atoms with Crippen LogP contribution in [-0.2, 0) is 13.1 Å². The molecule has 0 saturated carbocycles. The van der Waals surface area contributed by atoms with E-state index in [0.29, 0.717) is 30.3 Å². The van der Waals surface area contributed by atoms with Gasteiger partial charge in [-0.2, -0.15) is 0 Å². The highest BCUT2D eigenvalue weighted by Gasteiger charge is 2.08. The number of aryl methyl sites for hydroxylation is 2. The number of nitrogens with one attached hydrogen (secondary N) is 2. The van der Waals surface area contributed by atoms with Crippen molar-refractivity contribution in [2.45, 2.75) is 26.9 Å². The summed E-state index contributed by atoms with van der Waals surface area (Å²) in [5.74, 6) is 0.724. The highest BCUT2D eigenvalue weighted by atomic mass is 19.1. The normalized spacial score (nSPS) is 11.5. The van der Waals surface area contributed by atoms with Crippen molar-refractivity contribution < 1.29 is 8.78 Å². The Hall–Kier alpha value is -3.22. The van der Waals surface area contributed by atoms with Crippen LogP contribution < -0.4 is 10.6 Å². The Kier molecular flexibility index (Phi) is 6.03. The van der Waals surface area contributed by atoms with Crippen molar-refractivity contribution in [2.75, 3.05) is 7.05 Å². The monoisotopic (exact) mass is 383 g/mol. The van der Waals surface area contributed by atoms with E-state index >= 15 is 0 Å². The molecular weight excluding hydrogens is 360 g/mol. The molecule has 0 bridgehead atoms. The smallest absolute Gasteiger partial charge is 0.191 e. The molecule has 2 aromatic carbocycles. The number of hydrogen-bond donors (Lipinski definition) is 2. The van der Waals surface area contributed by atoms with Crippen LogP contribution >= 0.6 is 0 Å². The molecule has 3 rings (SSSR count). The van der Waals surface area contributed by atoms with Gasteiger partial charge in [-0.05, 0) is 48.7 Å². The topological polar surface area (TPSA) is 54.2 Å². The van der Waals surface area contributed by atoms with Gasteiger partial charge >= 0.3 is 0 Å². The summed E-state index contributed by atoms with van der Waals surface area (Å²) >= 11 is 0. The predicted molar refractivity (Wildman–Crippen MR) is 106 cm³/mol. The van der Waals surface area contributed by atoms with Gasteiger partial charge in [0.1, 0.15) is 17.5 Å². The molecule has 0 fully saturated rings. The van der Waals surface area contributed by atoms with E-state index in [9.17, 15) is 8.78 Å². The highest BCUT2D eigenvalue weighted by Crippen LogP contribution is 2.16. The van der Waals surface area contributed by atoms with Gasteiger partial charge in [-0.15, -0.1) is 0 Å². The van der Waals surface area contributed by atoms with E-state index in [1.807, 2.05) is 19.1 Å². The van der Waals surface area contributed by atoms with Gasteiger partial charge in [0.2, 0.25) is 0 Å². The van der Waals surface area contributed by atoms with E-state index in [0.717, 1.165) is 17.0 Å². The lowest BCUT2D eigenvalue weighted by molar-refractivity contribution is 0.613. The van der Waals surface area contributed by atoms with Gasteiger partial charge in [-0.3, -0.25) is 4.99 Å². The van der Waals surface area contributed by atoms with Crippen LogP contribution in [0.4, 0.5) is 8.78 Å². The number of guanidine groups is 1. The van der Waals surface area contributed by atoms with Crippen LogP contribution in [0.5, 0.6) is 0 Å². The average Bonchev–Trinajstić information content (AvgIpc) is 3.10. The first-order chi connectivity index (χ1) is 13.5. The van der Waals surface area contributed by atoms with Crippen molar-refractivity contribution >= 4 is 5.96 Å². The molecule has 2 N–H and O–H groups in total. The maximum atomic E-state index is 14.5. The summed E-state index contributed by atoms with van der Waals surface area (Å²) in [6, 6.07) is 10.2. The zero-order valence-electron chi connectivity index (χ0n) is 16.1. The standard InChI is InChI=1S/C21H23F2N5/c1-14-4-5-16(10-18(14)22)12-26-21(24-3)27-13-17-6-7-20(19(23)11-17)28-9-8-25-15(28)2/h4-11H,12-13H2,1-3H3,(H2,24,26,27). The summed E-state index contributed by atoms with van der Waals surface area (Å²) in [4.78, 5) is 8.26. The molecule has 0 atom stereocenters. The fourth-order valence-electron chi connectivity index (χ4n) is 2.83. The zero-order valence-corrected chi connectivity index (χ0v) is 16.1. The van der Waals surface area contributed by atoms with E-state index in [1.165, 1.54) is 12.1 Å². The number of hydrogen-bond acceptors (Lipinski definition) is 2. The lowest BCUT2D eigenvalue weighted by atomic mass is 10.1. The van der Waals surface area contributed by atoms with E-state index < -0.39 is 0 Å². The molecule has 0 aliphatic heterocycles. The summed E-state index contributed by atoms with van der Waals surface area (Å²) < 4.78 is 29.8. The Morgan fingerprint density at radius 1 is 1.00 bits per heavy atom. The second-order valence-corrected chi connectivity index (χ2v) is 6.49. The minimum Gasteiger partial charge on any atom is -0.352 e. The van der Waals surface area contributed by atoms with Crippen molar-refractivity contribution in [1.29, 1.82) is 0 Å². The first kappa shape index (κ1) is 19.5. The number of imidazole rings is 1. The molecule has 3 aromatic rings. The Balaban J connectivity index is 1.60. The molecule has 0 unspecified atom stereocenters. The van der Waals surface area contributed by atoms with Crippen LogP contribution in [0.1, 0.15) is 22.5 Å². The first-order valence-electron chi connectivity index (χ1n) is 8.96. The number of aromatic nitrogens is 2. The van der Waals surface area contributed by atoms with Gasteiger partial charge in [0.25, 0.3) is 0 Å². The second-order valence-electron chi connectivity index (χ2n) is 6.49. The Morgan fingerprint density at radius 3 is 2.18 bits per heavy atom. The number of nitrogens with zero attached hydrogens (tertiary/aromatic N) is 3. The highest BCUT2D eigenvalue weighted by molar-refractivity contribution is 5.79. The van der Waals surface area contributed by atoms with Gasteiger partial charge in [0.05, 0.1) is 5.69 Å². The van der Waals surface area contributed by atoms with Crippen molar-refractivity contribution in [3.63, 3.8) is 0 Å². The largest absolute Gasteiger partial charge is 0.352 e. The summed E-state index contributed by atoms with van der Waals surface area (Å²) in [6.45, 7) is 4.39.